The predicted molar refractivity (Wildman–Crippen MR) is 78.5 cm³/mol. The molecule has 5 nitrogen and oxygen atoms in total. The summed E-state index contributed by atoms with van der Waals surface area (Å²) in [7, 11) is -1.15. The van der Waals surface area contributed by atoms with Gasteiger partial charge in [-0.3, -0.25) is 0 Å². The minimum atomic E-state index is -4.01. The van der Waals surface area contributed by atoms with Gasteiger partial charge in [-0.1, -0.05) is 17.7 Å². The van der Waals surface area contributed by atoms with E-state index < -0.39 is 10.1 Å². The molecule has 0 aliphatic rings. The molecule has 0 heterocycles. The Kier molecular flexibility index (Phi) is 4.37. The minimum absolute atomic E-state index is 0.0788. The molecule has 2 rings (SSSR count). The number of hydrogen-bond acceptors (Lipinski definition) is 5. The molecule has 0 saturated heterocycles. The Hall–Kier alpha value is -2.21. The summed E-state index contributed by atoms with van der Waals surface area (Å²) in [5.74, 6) is 0.843. The highest BCUT2D eigenvalue weighted by Crippen LogP contribution is 2.30. The van der Waals surface area contributed by atoms with Crippen molar-refractivity contribution in [3.05, 3.63) is 48.0 Å². The van der Waals surface area contributed by atoms with Gasteiger partial charge < -0.3 is 13.7 Å². The lowest BCUT2D eigenvalue weighted by Crippen LogP contribution is -2.11. The van der Waals surface area contributed by atoms with Crippen molar-refractivity contribution in [2.24, 2.45) is 0 Å². The molecule has 0 saturated carbocycles. The fourth-order valence-corrected chi connectivity index (χ4v) is 2.86. The van der Waals surface area contributed by atoms with Crippen LogP contribution < -0.4 is 13.7 Å². The zero-order chi connectivity index (χ0) is 15.5. The lowest BCUT2D eigenvalue weighted by molar-refractivity contribution is 0.388. The molecule has 0 radical (unpaired) electrons. The van der Waals surface area contributed by atoms with Crippen LogP contribution in [-0.2, 0) is 10.1 Å². The second-order valence-electron chi connectivity index (χ2n) is 4.37. The second-order valence-corrected chi connectivity index (χ2v) is 5.88. The zero-order valence-corrected chi connectivity index (χ0v) is 12.8. The van der Waals surface area contributed by atoms with Crippen molar-refractivity contribution >= 4 is 10.1 Å². The molecule has 0 amide bonds. The zero-order valence-electron chi connectivity index (χ0n) is 12.0. The van der Waals surface area contributed by atoms with Crippen LogP contribution in [0, 0.1) is 6.92 Å². The molecule has 0 unspecified atom stereocenters. The van der Waals surface area contributed by atoms with Crippen molar-refractivity contribution in [2.75, 3.05) is 14.2 Å². The Morgan fingerprint density at radius 2 is 1.48 bits per heavy atom. The summed E-state index contributed by atoms with van der Waals surface area (Å²) in [6.07, 6.45) is 0. The average Bonchev–Trinajstić information content (AvgIpc) is 2.48. The molecule has 21 heavy (non-hydrogen) atoms. The first-order valence-corrected chi connectivity index (χ1v) is 7.60. The Bertz CT molecular complexity index is 720. The number of aryl methyl sites for hydroxylation is 1. The van der Waals surface area contributed by atoms with E-state index in [-0.39, 0.29) is 16.4 Å². The summed E-state index contributed by atoms with van der Waals surface area (Å²) in [5.41, 5.74) is 1.01. The number of rotatable bonds is 5. The van der Waals surface area contributed by atoms with Crippen LogP contribution in [0.5, 0.6) is 17.2 Å². The van der Waals surface area contributed by atoms with E-state index in [0.29, 0.717) is 5.75 Å². The van der Waals surface area contributed by atoms with Gasteiger partial charge in [0.15, 0.2) is 4.90 Å². The molecule has 0 N–H and O–H groups in total. The van der Waals surface area contributed by atoms with Crippen molar-refractivity contribution in [3.63, 3.8) is 0 Å². The van der Waals surface area contributed by atoms with E-state index in [4.69, 9.17) is 13.7 Å². The maximum absolute atomic E-state index is 12.4. The molecule has 6 heteroatoms. The van der Waals surface area contributed by atoms with Crippen molar-refractivity contribution in [1.29, 1.82) is 0 Å². The summed E-state index contributed by atoms with van der Waals surface area (Å²) in [4.78, 5) is -0.0788. The summed E-state index contributed by atoms with van der Waals surface area (Å²) >= 11 is 0. The Balaban J connectivity index is 2.41. The first kappa shape index (κ1) is 15.2. The van der Waals surface area contributed by atoms with E-state index in [1.54, 1.807) is 30.3 Å². The number of benzene rings is 2. The minimum Gasteiger partial charge on any atom is -0.497 e. The van der Waals surface area contributed by atoms with Crippen LogP contribution in [0.25, 0.3) is 0 Å². The highest BCUT2D eigenvalue weighted by molar-refractivity contribution is 7.87. The van der Waals surface area contributed by atoms with Gasteiger partial charge in [0.2, 0.25) is 0 Å². The van der Waals surface area contributed by atoms with Crippen molar-refractivity contribution < 1.29 is 22.1 Å². The molecule has 112 valence electrons. The topological polar surface area (TPSA) is 61.8 Å². The molecule has 0 bridgehead atoms. The Morgan fingerprint density at radius 3 is 2.05 bits per heavy atom. The lowest BCUT2D eigenvalue weighted by atomic mass is 10.2. The van der Waals surface area contributed by atoms with Crippen LogP contribution in [0.1, 0.15) is 5.56 Å². The number of ether oxygens (including phenoxy) is 2. The fourth-order valence-electron chi connectivity index (χ4n) is 1.74. The Morgan fingerprint density at radius 1 is 0.857 bits per heavy atom. The van der Waals surface area contributed by atoms with Gasteiger partial charge in [0.05, 0.1) is 14.2 Å². The third-order valence-electron chi connectivity index (χ3n) is 2.87. The third-order valence-corrected chi connectivity index (χ3v) is 4.14. The van der Waals surface area contributed by atoms with Crippen molar-refractivity contribution in [1.82, 2.24) is 0 Å². The number of methoxy groups -OCH3 is 2. The molecule has 0 spiro atoms. The van der Waals surface area contributed by atoms with E-state index in [2.05, 4.69) is 0 Å². The molecule has 0 atom stereocenters. The first-order valence-electron chi connectivity index (χ1n) is 6.19. The van der Waals surface area contributed by atoms with E-state index in [0.717, 1.165) is 5.56 Å². The standard InChI is InChI=1S/C15H16O5S/c1-11-4-6-12(7-5-11)20-21(16,17)15-10-13(18-2)8-9-14(15)19-3/h4-10H,1-3H3. The smallest absolute Gasteiger partial charge is 0.343 e. The summed E-state index contributed by atoms with van der Waals surface area (Å²) in [6.45, 7) is 1.91. The van der Waals surface area contributed by atoms with Gasteiger partial charge in [0.25, 0.3) is 0 Å². The maximum Gasteiger partial charge on any atom is 0.343 e. The monoisotopic (exact) mass is 308 g/mol. The highest BCUT2D eigenvalue weighted by atomic mass is 32.2. The highest BCUT2D eigenvalue weighted by Gasteiger charge is 2.22. The van der Waals surface area contributed by atoms with Crippen molar-refractivity contribution in [3.8, 4) is 17.2 Å². The van der Waals surface area contributed by atoms with E-state index in [1.807, 2.05) is 6.92 Å². The molecule has 2 aromatic carbocycles. The molecule has 0 aliphatic carbocycles. The molecule has 0 aromatic heterocycles. The van der Waals surface area contributed by atoms with Gasteiger partial charge >= 0.3 is 10.1 Å². The predicted octanol–water partition coefficient (Wildman–Crippen LogP) is 2.78. The molecule has 0 fully saturated rings. The summed E-state index contributed by atoms with van der Waals surface area (Å²) in [6, 6.07) is 11.2. The van der Waals surface area contributed by atoms with Gasteiger partial charge in [0, 0.05) is 6.07 Å². The number of hydrogen-bond donors (Lipinski definition) is 0. The van der Waals surface area contributed by atoms with E-state index in [1.165, 1.54) is 26.4 Å². The average molecular weight is 308 g/mol. The molecular weight excluding hydrogens is 292 g/mol. The van der Waals surface area contributed by atoms with Gasteiger partial charge in [-0.05, 0) is 31.2 Å². The van der Waals surface area contributed by atoms with Crippen molar-refractivity contribution in [2.45, 2.75) is 11.8 Å². The van der Waals surface area contributed by atoms with Gasteiger partial charge in [-0.25, -0.2) is 0 Å². The molecule has 0 aliphatic heterocycles. The normalized spacial score (nSPS) is 11.0. The largest absolute Gasteiger partial charge is 0.497 e. The van der Waals surface area contributed by atoms with Crippen LogP contribution in [-0.4, -0.2) is 22.6 Å². The Labute approximate surface area is 124 Å². The quantitative estimate of drug-likeness (QED) is 0.795. The van der Waals surface area contributed by atoms with Crippen LogP contribution in [0.15, 0.2) is 47.4 Å². The van der Waals surface area contributed by atoms with Crippen LogP contribution >= 0.6 is 0 Å². The third kappa shape index (κ3) is 3.46. The van der Waals surface area contributed by atoms with Gasteiger partial charge in [0.1, 0.15) is 17.2 Å². The molecule has 2 aromatic rings. The lowest BCUT2D eigenvalue weighted by Gasteiger charge is -2.12. The van der Waals surface area contributed by atoms with E-state index in [9.17, 15) is 8.42 Å². The maximum atomic E-state index is 12.4. The van der Waals surface area contributed by atoms with Crippen LogP contribution in [0.2, 0.25) is 0 Å². The first-order chi connectivity index (χ1) is 9.96. The van der Waals surface area contributed by atoms with E-state index >= 15 is 0 Å². The molecular formula is C15H16O5S. The summed E-state index contributed by atoms with van der Waals surface area (Å²) in [5, 5.41) is 0. The fraction of sp³-hybridized carbons (Fsp3) is 0.200. The SMILES string of the molecule is COc1ccc(OC)c(S(=O)(=O)Oc2ccc(C)cc2)c1. The second kappa shape index (κ2) is 6.05. The van der Waals surface area contributed by atoms with Crippen LogP contribution in [0.3, 0.4) is 0 Å². The van der Waals surface area contributed by atoms with Gasteiger partial charge in [-0.15, -0.1) is 0 Å². The van der Waals surface area contributed by atoms with Gasteiger partial charge in [-0.2, -0.15) is 8.42 Å². The van der Waals surface area contributed by atoms with Crippen LogP contribution in [0.4, 0.5) is 0 Å². The summed E-state index contributed by atoms with van der Waals surface area (Å²) < 4.78 is 40.0.